The van der Waals surface area contributed by atoms with Gasteiger partial charge in [0.15, 0.2) is 5.65 Å². The van der Waals surface area contributed by atoms with Crippen molar-refractivity contribution in [3.8, 4) is 5.69 Å². The van der Waals surface area contributed by atoms with Gasteiger partial charge in [0.05, 0.1) is 16.6 Å². The summed E-state index contributed by atoms with van der Waals surface area (Å²) in [5.74, 6) is 0.402. The highest BCUT2D eigenvalue weighted by Crippen LogP contribution is 2.24. The summed E-state index contributed by atoms with van der Waals surface area (Å²) in [7, 11) is 0. The van der Waals surface area contributed by atoms with E-state index in [4.69, 9.17) is 23.2 Å². The molecule has 3 nitrogen and oxygen atoms in total. The van der Waals surface area contributed by atoms with Crippen molar-refractivity contribution in [2.24, 2.45) is 0 Å². The first-order valence-electron chi connectivity index (χ1n) is 5.54. The number of alkyl halides is 1. The zero-order valence-corrected chi connectivity index (χ0v) is 11.2. The van der Waals surface area contributed by atoms with Crippen LogP contribution in [0.5, 0.6) is 0 Å². The van der Waals surface area contributed by atoms with Gasteiger partial charge in [-0.05, 0) is 30.3 Å². The SMILES string of the molecule is Fc1ccc(-n2c(CCl)nc3cccnc32)cc1Cl. The lowest BCUT2D eigenvalue weighted by molar-refractivity contribution is 0.628. The lowest BCUT2D eigenvalue weighted by atomic mass is 10.3. The molecule has 0 aliphatic carbocycles. The molecule has 96 valence electrons. The van der Waals surface area contributed by atoms with Crippen LogP contribution in [0.4, 0.5) is 4.39 Å². The maximum absolute atomic E-state index is 13.2. The lowest BCUT2D eigenvalue weighted by Gasteiger charge is -2.07. The smallest absolute Gasteiger partial charge is 0.164 e. The van der Waals surface area contributed by atoms with Crippen molar-refractivity contribution in [2.45, 2.75) is 5.88 Å². The molecule has 0 unspecified atom stereocenters. The lowest BCUT2D eigenvalue weighted by Crippen LogP contribution is -2.00. The first-order chi connectivity index (χ1) is 9.20. The first kappa shape index (κ1) is 12.4. The highest BCUT2D eigenvalue weighted by Gasteiger charge is 2.13. The van der Waals surface area contributed by atoms with Crippen LogP contribution in [0.3, 0.4) is 0 Å². The third kappa shape index (κ3) is 2.07. The van der Waals surface area contributed by atoms with Crippen molar-refractivity contribution in [1.82, 2.24) is 14.5 Å². The average molecular weight is 296 g/mol. The number of imidazole rings is 1. The number of hydrogen-bond acceptors (Lipinski definition) is 2. The third-order valence-electron chi connectivity index (χ3n) is 2.77. The largest absolute Gasteiger partial charge is 0.280 e. The Balaban J connectivity index is 2.31. The molecule has 0 saturated carbocycles. The maximum Gasteiger partial charge on any atom is 0.164 e. The Morgan fingerprint density at radius 2 is 2.11 bits per heavy atom. The molecule has 1 aromatic carbocycles. The van der Waals surface area contributed by atoms with Crippen LogP contribution in [-0.2, 0) is 5.88 Å². The Kier molecular flexibility index (Phi) is 3.12. The monoisotopic (exact) mass is 295 g/mol. The predicted molar refractivity (Wildman–Crippen MR) is 73.4 cm³/mol. The number of nitrogens with zero attached hydrogens (tertiary/aromatic N) is 3. The van der Waals surface area contributed by atoms with Crippen molar-refractivity contribution < 1.29 is 4.39 Å². The van der Waals surface area contributed by atoms with Crippen molar-refractivity contribution in [3.05, 3.63) is 53.2 Å². The van der Waals surface area contributed by atoms with Crippen LogP contribution in [0.25, 0.3) is 16.9 Å². The molecule has 0 saturated heterocycles. The van der Waals surface area contributed by atoms with Crippen molar-refractivity contribution in [1.29, 1.82) is 0 Å². The van der Waals surface area contributed by atoms with Gasteiger partial charge in [-0.25, -0.2) is 14.4 Å². The van der Waals surface area contributed by atoms with Crippen LogP contribution >= 0.6 is 23.2 Å². The van der Waals surface area contributed by atoms with Gasteiger partial charge in [0, 0.05) is 6.20 Å². The molecule has 0 bridgehead atoms. The van der Waals surface area contributed by atoms with Crippen LogP contribution in [0.1, 0.15) is 5.82 Å². The van der Waals surface area contributed by atoms with Gasteiger partial charge in [0.1, 0.15) is 17.2 Å². The molecule has 0 radical (unpaired) electrons. The van der Waals surface area contributed by atoms with E-state index in [1.807, 2.05) is 6.07 Å². The van der Waals surface area contributed by atoms with Gasteiger partial charge in [0.2, 0.25) is 0 Å². The molecule has 0 aliphatic heterocycles. The summed E-state index contributed by atoms with van der Waals surface area (Å²) < 4.78 is 15.0. The van der Waals surface area contributed by atoms with Crippen molar-refractivity contribution in [2.75, 3.05) is 0 Å². The van der Waals surface area contributed by atoms with Crippen LogP contribution < -0.4 is 0 Å². The molecule has 6 heteroatoms. The van der Waals surface area contributed by atoms with Gasteiger partial charge in [-0.1, -0.05) is 11.6 Å². The number of halogens is 3. The second-order valence-electron chi connectivity index (χ2n) is 3.94. The Bertz CT molecular complexity index is 755. The summed E-state index contributed by atoms with van der Waals surface area (Å²) in [6.07, 6.45) is 1.67. The number of hydrogen-bond donors (Lipinski definition) is 0. The van der Waals surface area contributed by atoms with Crippen molar-refractivity contribution >= 4 is 34.4 Å². The molecule has 0 spiro atoms. The van der Waals surface area contributed by atoms with Crippen LogP contribution in [-0.4, -0.2) is 14.5 Å². The normalized spacial score (nSPS) is 11.1. The molecule has 0 aliphatic rings. The minimum atomic E-state index is -0.463. The van der Waals surface area contributed by atoms with E-state index in [9.17, 15) is 4.39 Å². The number of aromatic nitrogens is 3. The van der Waals surface area contributed by atoms with E-state index in [1.165, 1.54) is 12.1 Å². The van der Waals surface area contributed by atoms with Crippen LogP contribution in [0.2, 0.25) is 5.02 Å². The minimum Gasteiger partial charge on any atom is -0.280 e. The van der Waals surface area contributed by atoms with Gasteiger partial charge in [-0.2, -0.15) is 0 Å². The average Bonchev–Trinajstić information content (AvgIpc) is 2.80. The van der Waals surface area contributed by atoms with Crippen molar-refractivity contribution in [3.63, 3.8) is 0 Å². The summed E-state index contributed by atoms with van der Waals surface area (Å²) in [6, 6.07) is 8.11. The molecule has 0 amide bonds. The summed E-state index contributed by atoms with van der Waals surface area (Å²) in [5.41, 5.74) is 2.09. The molecule has 2 heterocycles. The van der Waals surface area contributed by atoms with Gasteiger partial charge in [-0.3, -0.25) is 4.57 Å². The maximum atomic E-state index is 13.2. The Hall–Kier alpha value is -1.65. The van der Waals surface area contributed by atoms with Gasteiger partial charge in [0.25, 0.3) is 0 Å². The fraction of sp³-hybridized carbons (Fsp3) is 0.0769. The standard InChI is InChI=1S/C13H8Cl2FN3/c14-7-12-18-11-2-1-5-17-13(11)19(12)8-3-4-10(16)9(15)6-8/h1-6H,7H2. The number of rotatable bonds is 2. The molecule has 0 N–H and O–H groups in total. The van der Waals surface area contributed by atoms with E-state index in [-0.39, 0.29) is 10.9 Å². The second kappa shape index (κ2) is 4.79. The minimum absolute atomic E-state index is 0.0517. The quantitative estimate of drug-likeness (QED) is 0.670. The number of fused-ring (bicyclic) bond motifs is 1. The first-order valence-corrected chi connectivity index (χ1v) is 6.45. The molecule has 19 heavy (non-hydrogen) atoms. The summed E-state index contributed by atoms with van der Waals surface area (Å²) in [4.78, 5) is 8.67. The van der Waals surface area contributed by atoms with Gasteiger partial charge in [-0.15, -0.1) is 11.6 Å². The molecule has 2 aromatic heterocycles. The van der Waals surface area contributed by atoms with Gasteiger partial charge >= 0.3 is 0 Å². The predicted octanol–water partition coefficient (Wildman–Crippen LogP) is 3.95. The Labute approximate surface area is 118 Å². The zero-order valence-electron chi connectivity index (χ0n) is 9.65. The van der Waals surface area contributed by atoms with E-state index >= 15 is 0 Å². The molecular formula is C13H8Cl2FN3. The van der Waals surface area contributed by atoms with E-state index in [2.05, 4.69) is 9.97 Å². The van der Waals surface area contributed by atoms with E-state index in [1.54, 1.807) is 22.9 Å². The third-order valence-corrected chi connectivity index (χ3v) is 3.30. The zero-order chi connectivity index (χ0) is 13.4. The van der Waals surface area contributed by atoms with E-state index in [0.717, 1.165) is 5.52 Å². The molecular weight excluding hydrogens is 288 g/mol. The summed E-state index contributed by atoms with van der Waals surface area (Å²) in [6.45, 7) is 0. The van der Waals surface area contributed by atoms with Crippen LogP contribution in [0, 0.1) is 5.82 Å². The molecule has 0 atom stereocenters. The highest BCUT2D eigenvalue weighted by molar-refractivity contribution is 6.30. The fourth-order valence-electron chi connectivity index (χ4n) is 1.94. The molecule has 3 rings (SSSR count). The Morgan fingerprint density at radius 1 is 1.26 bits per heavy atom. The molecule has 0 fully saturated rings. The number of pyridine rings is 1. The van der Waals surface area contributed by atoms with E-state index < -0.39 is 5.82 Å². The topological polar surface area (TPSA) is 30.7 Å². The summed E-state index contributed by atoms with van der Waals surface area (Å²) in [5, 5.41) is 0.0517. The molecule has 3 aromatic rings. The number of benzene rings is 1. The van der Waals surface area contributed by atoms with E-state index in [0.29, 0.717) is 17.2 Å². The fourth-order valence-corrected chi connectivity index (χ4v) is 2.30. The van der Waals surface area contributed by atoms with Gasteiger partial charge < -0.3 is 0 Å². The van der Waals surface area contributed by atoms with Crippen LogP contribution in [0.15, 0.2) is 36.5 Å². The summed E-state index contributed by atoms with van der Waals surface area (Å²) >= 11 is 11.7. The Morgan fingerprint density at radius 3 is 2.84 bits per heavy atom. The second-order valence-corrected chi connectivity index (χ2v) is 4.62. The highest BCUT2D eigenvalue weighted by atomic mass is 35.5.